The molecule has 0 amide bonds. The Bertz CT molecular complexity index is 529. The number of hydrogen-bond donors (Lipinski definition) is 0. The van der Waals surface area contributed by atoms with Crippen LogP contribution in [0.5, 0.6) is 0 Å². The summed E-state index contributed by atoms with van der Waals surface area (Å²) in [5.41, 5.74) is 1.71. The molecule has 1 unspecified atom stereocenters. The number of carbonyl (C=O) groups excluding carboxylic acids is 2. The number of rotatable bonds is 3. The van der Waals surface area contributed by atoms with Crippen molar-refractivity contribution in [3.63, 3.8) is 0 Å². The van der Waals surface area contributed by atoms with E-state index in [1.165, 1.54) is 7.11 Å². The van der Waals surface area contributed by atoms with E-state index in [4.69, 9.17) is 9.47 Å². The topological polar surface area (TPSA) is 52.6 Å². The number of carbonyl (C=O) groups is 2. The fourth-order valence-corrected chi connectivity index (χ4v) is 3.13. The maximum Gasteiger partial charge on any atom is 0.334 e. The molecule has 0 aromatic rings. The van der Waals surface area contributed by atoms with Gasteiger partial charge in [0.1, 0.15) is 6.10 Å². The SMILES string of the molecule is C=C[C@@]1(C)CC2OC(=O)C(C)=C2C[C@H]1C(=C)C(=O)OC. The van der Waals surface area contributed by atoms with E-state index in [0.717, 1.165) is 5.57 Å². The summed E-state index contributed by atoms with van der Waals surface area (Å²) < 4.78 is 10.2. The fraction of sp³-hybridized carbons (Fsp3) is 0.500. The molecule has 1 heterocycles. The van der Waals surface area contributed by atoms with Crippen molar-refractivity contribution in [1.29, 1.82) is 0 Å². The van der Waals surface area contributed by atoms with Crippen LogP contribution in [0.1, 0.15) is 26.7 Å². The van der Waals surface area contributed by atoms with Gasteiger partial charge in [-0.1, -0.05) is 19.6 Å². The highest BCUT2D eigenvalue weighted by atomic mass is 16.5. The smallest absolute Gasteiger partial charge is 0.334 e. The lowest BCUT2D eigenvalue weighted by Crippen LogP contribution is -2.39. The number of fused-ring (bicyclic) bond motifs is 1. The molecule has 4 nitrogen and oxygen atoms in total. The summed E-state index contributed by atoms with van der Waals surface area (Å²) in [6.45, 7) is 11.5. The van der Waals surface area contributed by atoms with Gasteiger partial charge in [-0.25, -0.2) is 9.59 Å². The molecular weight excluding hydrogens is 256 g/mol. The molecule has 2 aliphatic rings. The molecule has 1 aliphatic carbocycles. The molecule has 0 radical (unpaired) electrons. The van der Waals surface area contributed by atoms with E-state index >= 15 is 0 Å². The third-order valence-electron chi connectivity index (χ3n) is 4.61. The summed E-state index contributed by atoms with van der Waals surface area (Å²) in [5.74, 6) is -0.797. The summed E-state index contributed by atoms with van der Waals surface area (Å²) in [7, 11) is 1.34. The van der Waals surface area contributed by atoms with Crippen molar-refractivity contribution in [3.8, 4) is 0 Å². The molecule has 1 aliphatic heterocycles. The first-order chi connectivity index (χ1) is 9.34. The van der Waals surface area contributed by atoms with Gasteiger partial charge in [0.15, 0.2) is 0 Å². The van der Waals surface area contributed by atoms with E-state index in [2.05, 4.69) is 13.2 Å². The van der Waals surface area contributed by atoms with Gasteiger partial charge in [-0.2, -0.15) is 0 Å². The van der Waals surface area contributed by atoms with Crippen molar-refractivity contribution in [2.24, 2.45) is 11.3 Å². The first-order valence-corrected chi connectivity index (χ1v) is 6.65. The normalized spacial score (nSPS) is 32.5. The quantitative estimate of drug-likeness (QED) is 0.451. The van der Waals surface area contributed by atoms with Gasteiger partial charge in [0.05, 0.1) is 7.11 Å². The van der Waals surface area contributed by atoms with Crippen LogP contribution in [0.3, 0.4) is 0 Å². The van der Waals surface area contributed by atoms with Crippen molar-refractivity contribution in [1.82, 2.24) is 0 Å². The molecule has 0 aromatic carbocycles. The second kappa shape index (κ2) is 4.93. The number of methoxy groups -OCH3 is 1. The molecule has 0 spiro atoms. The van der Waals surface area contributed by atoms with Crippen LogP contribution in [0, 0.1) is 11.3 Å². The molecule has 1 saturated carbocycles. The van der Waals surface area contributed by atoms with Crippen LogP contribution >= 0.6 is 0 Å². The van der Waals surface area contributed by atoms with E-state index in [1.807, 2.05) is 13.0 Å². The Labute approximate surface area is 119 Å². The highest BCUT2D eigenvalue weighted by Crippen LogP contribution is 2.50. The maximum atomic E-state index is 11.8. The highest BCUT2D eigenvalue weighted by molar-refractivity contribution is 5.92. The minimum Gasteiger partial charge on any atom is -0.466 e. The molecule has 1 fully saturated rings. The molecule has 4 heteroatoms. The maximum absolute atomic E-state index is 11.8. The zero-order valence-corrected chi connectivity index (χ0v) is 12.2. The monoisotopic (exact) mass is 276 g/mol. The van der Waals surface area contributed by atoms with Gasteiger partial charge in [-0.05, 0) is 30.8 Å². The molecule has 0 N–H and O–H groups in total. The summed E-state index contributed by atoms with van der Waals surface area (Å²) in [6.07, 6.45) is 2.82. The predicted octanol–water partition coefficient (Wildman–Crippen LogP) is 2.56. The first kappa shape index (κ1) is 14.6. The van der Waals surface area contributed by atoms with Crippen molar-refractivity contribution in [2.45, 2.75) is 32.8 Å². The summed E-state index contributed by atoms with van der Waals surface area (Å²) in [5, 5.41) is 0. The van der Waals surface area contributed by atoms with Crippen LogP contribution in [-0.4, -0.2) is 25.2 Å². The van der Waals surface area contributed by atoms with E-state index in [9.17, 15) is 9.59 Å². The largest absolute Gasteiger partial charge is 0.466 e. The van der Waals surface area contributed by atoms with Crippen molar-refractivity contribution in [3.05, 3.63) is 36.0 Å². The van der Waals surface area contributed by atoms with Crippen molar-refractivity contribution < 1.29 is 19.1 Å². The van der Waals surface area contributed by atoms with Gasteiger partial charge in [0.25, 0.3) is 0 Å². The van der Waals surface area contributed by atoms with Gasteiger partial charge in [0.2, 0.25) is 0 Å². The van der Waals surface area contributed by atoms with Crippen molar-refractivity contribution >= 4 is 11.9 Å². The van der Waals surface area contributed by atoms with E-state index in [-0.39, 0.29) is 23.4 Å². The van der Waals surface area contributed by atoms with Gasteiger partial charge < -0.3 is 9.47 Å². The molecule has 0 bridgehead atoms. The highest BCUT2D eigenvalue weighted by Gasteiger charge is 2.48. The molecule has 3 atom stereocenters. The number of allylic oxidation sites excluding steroid dienone is 1. The second-order valence-electron chi connectivity index (χ2n) is 5.73. The minimum atomic E-state index is -0.412. The molecule has 20 heavy (non-hydrogen) atoms. The molecule has 108 valence electrons. The minimum absolute atomic E-state index is 0.122. The second-order valence-corrected chi connectivity index (χ2v) is 5.73. The van der Waals surface area contributed by atoms with Crippen LogP contribution in [0.2, 0.25) is 0 Å². The van der Waals surface area contributed by atoms with Crippen molar-refractivity contribution in [2.75, 3.05) is 7.11 Å². The standard InChI is InChI=1S/C16H20O4/c1-6-16(4)8-13-11(9(2)15(18)20-13)7-12(16)10(3)14(17)19-5/h6,12-13H,1,3,7-8H2,2,4-5H3/t12-,13?,16-/m0/s1. The van der Waals surface area contributed by atoms with E-state index < -0.39 is 5.97 Å². The zero-order chi connectivity index (χ0) is 15.1. The molecule has 2 rings (SSSR count). The third-order valence-corrected chi connectivity index (χ3v) is 4.61. The Morgan fingerprint density at radius 2 is 2.20 bits per heavy atom. The van der Waals surface area contributed by atoms with E-state index in [1.54, 1.807) is 6.92 Å². The Hall–Kier alpha value is -1.84. The Balaban J connectivity index is 2.38. The summed E-state index contributed by atoms with van der Waals surface area (Å²) >= 11 is 0. The summed E-state index contributed by atoms with van der Waals surface area (Å²) in [4.78, 5) is 23.5. The molecule has 0 aromatic heterocycles. The lowest BCUT2D eigenvalue weighted by atomic mass is 9.62. The lowest BCUT2D eigenvalue weighted by Gasteiger charge is -2.42. The van der Waals surface area contributed by atoms with Crippen LogP contribution in [0.25, 0.3) is 0 Å². The number of esters is 2. The van der Waals surface area contributed by atoms with Crippen LogP contribution in [0.4, 0.5) is 0 Å². The Morgan fingerprint density at radius 1 is 1.55 bits per heavy atom. The van der Waals surface area contributed by atoms with Crippen LogP contribution < -0.4 is 0 Å². The van der Waals surface area contributed by atoms with Gasteiger partial charge in [-0.3, -0.25) is 0 Å². The molecular formula is C16H20O4. The first-order valence-electron chi connectivity index (χ1n) is 6.65. The Kier molecular flexibility index (Phi) is 3.59. The Morgan fingerprint density at radius 3 is 2.75 bits per heavy atom. The fourth-order valence-electron chi connectivity index (χ4n) is 3.13. The average molecular weight is 276 g/mol. The number of hydrogen-bond acceptors (Lipinski definition) is 4. The zero-order valence-electron chi connectivity index (χ0n) is 12.2. The lowest BCUT2D eigenvalue weighted by molar-refractivity contribution is -0.142. The predicted molar refractivity (Wildman–Crippen MR) is 74.8 cm³/mol. The van der Waals surface area contributed by atoms with Gasteiger partial charge in [0, 0.05) is 17.1 Å². The van der Waals surface area contributed by atoms with Gasteiger partial charge in [-0.15, -0.1) is 6.58 Å². The third kappa shape index (κ3) is 2.09. The molecule has 0 saturated heterocycles. The average Bonchev–Trinajstić information content (AvgIpc) is 2.70. The van der Waals surface area contributed by atoms with E-state index in [0.29, 0.717) is 24.0 Å². The number of ether oxygens (including phenoxy) is 2. The van der Waals surface area contributed by atoms with Gasteiger partial charge >= 0.3 is 11.9 Å². The summed E-state index contributed by atoms with van der Waals surface area (Å²) in [6, 6.07) is 0. The van der Waals surface area contributed by atoms with Crippen LogP contribution in [-0.2, 0) is 19.1 Å². The van der Waals surface area contributed by atoms with Crippen LogP contribution in [0.15, 0.2) is 36.0 Å².